The standard InChI is InChI=1S/C11H13ClN2O/c1-8-9(5-6-12)11(15)14-7-3-2-4-10(14)13-8/h2,4H,3,5-7H2,1H3. The summed E-state index contributed by atoms with van der Waals surface area (Å²) in [6, 6.07) is 0. The van der Waals surface area contributed by atoms with E-state index < -0.39 is 0 Å². The van der Waals surface area contributed by atoms with Gasteiger partial charge in [0.15, 0.2) is 0 Å². The van der Waals surface area contributed by atoms with Crippen LogP contribution in [0.25, 0.3) is 6.08 Å². The summed E-state index contributed by atoms with van der Waals surface area (Å²) in [5, 5.41) is 0. The minimum absolute atomic E-state index is 0.0718. The lowest BCUT2D eigenvalue weighted by atomic mass is 10.1. The van der Waals surface area contributed by atoms with Crippen molar-refractivity contribution in [2.24, 2.45) is 0 Å². The van der Waals surface area contributed by atoms with Gasteiger partial charge in [0.25, 0.3) is 5.56 Å². The molecule has 0 spiro atoms. The highest BCUT2D eigenvalue weighted by atomic mass is 35.5. The van der Waals surface area contributed by atoms with Crippen LogP contribution in [0.2, 0.25) is 0 Å². The maximum atomic E-state index is 12.1. The second kappa shape index (κ2) is 4.19. The van der Waals surface area contributed by atoms with Gasteiger partial charge in [-0.1, -0.05) is 6.08 Å². The first-order chi connectivity index (χ1) is 7.24. The molecule has 0 unspecified atom stereocenters. The summed E-state index contributed by atoms with van der Waals surface area (Å²) in [5.41, 5.74) is 1.63. The Labute approximate surface area is 93.4 Å². The zero-order valence-electron chi connectivity index (χ0n) is 8.66. The molecule has 80 valence electrons. The fraction of sp³-hybridized carbons (Fsp3) is 0.455. The quantitative estimate of drug-likeness (QED) is 0.718. The predicted octanol–water partition coefficient (Wildman–Crippen LogP) is 1.75. The highest BCUT2D eigenvalue weighted by Crippen LogP contribution is 2.10. The van der Waals surface area contributed by atoms with E-state index in [4.69, 9.17) is 11.6 Å². The normalized spacial score (nSPS) is 14.0. The van der Waals surface area contributed by atoms with Crippen molar-refractivity contribution < 1.29 is 0 Å². The van der Waals surface area contributed by atoms with Crippen molar-refractivity contribution >= 4 is 17.7 Å². The van der Waals surface area contributed by atoms with Gasteiger partial charge in [0.05, 0.1) is 0 Å². The van der Waals surface area contributed by atoms with Gasteiger partial charge in [-0.15, -0.1) is 11.6 Å². The van der Waals surface area contributed by atoms with E-state index in [-0.39, 0.29) is 5.56 Å². The van der Waals surface area contributed by atoms with Gasteiger partial charge >= 0.3 is 0 Å². The third kappa shape index (κ3) is 1.84. The lowest BCUT2D eigenvalue weighted by Gasteiger charge is -2.15. The van der Waals surface area contributed by atoms with Gasteiger partial charge < -0.3 is 0 Å². The van der Waals surface area contributed by atoms with E-state index in [1.54, 1.807) is 4.57 Å². The van der Waals surface area contributed by atoms with Crippen LogP contribution in [-0.4, -0.2) is 15.4 Å². The van der Waals surface area contributed by atoms with Crippen molar-refractivity contribution in [3.63, 3.8) is 0 Å². The summed E-state index contributed by atoms with van der Waals surface area (Å²) in [6.45, 7) is 2.60. The zero-order valence-corrected chi connectivity index (χ0v) is 9.42. The van der Waals surface area contributed by atoms with Gasteiger partial charge in [-0.05, 0) is 25.8 Å². The molecule has 15 heavy (non-hydrogen) atoms. The lowest BCUT2D eigenvalue weighted by Crippen LogP contribution is -2.29. The van der Waals surface area contributed by atoms with Crippen LogP contribution >= 0.6 is 11.6 Å². The Morgan fingerprint density at radius 1 is 1.60 bits per heavy atom. The minimum Gasteiger partial charge on any atom is -0.293 e. The number of alkyl halides is 1. The summed E-state index contributed by atoms with van der Waals surface area (Å²) >= 11 is 5.67. The fourth-order valence-electron chi connectivity index (χ4n) is 1.84. The second-order valence-corrected chi connectivity index (χ2v) is 4.00. The Kier molecular flexibility index (Phi) is 2.91. The molecule has 0 amide bonds. The molecule has 1 aliphatic rings. The topological polar surface area (TPSA) is 34.9 Å². The molecule has 0 aromatic carbocycles. The van der Waals surface area contributed by atoms with Crippen LogP contribution in [0, 0.1) is 6.92 Å². The number of hydrogen-bond acceptors (Lipinski definition) is 2. The number of hydrogen-bond donors (Lipinski definition) is 0. The molecule has 3 nitrogen and oxygen atoms in total. The summed E-state index contributed by atoms with van der Waals surface area (Å²) in [7, 11) is 0. The first-order valence-corrected chi connectivity index (χ1v) is 5.60. The Balaban J connectivity index is 2.60. The molecule has 1 aromatic heterocycles. The summed E-state index contributed by atoms with van der Waals surface area (Å²) in [6.07, 6.45) is 5.45. The Hall–Kier alpha value is -1.09. The first-order valence-electron chi connectivity index (χ1n) is 5.07. The maximum absolute atomic E-state index is 12.1. The van der Waals surface area contributed by atoms with E-state index in [1.807, 2.05) is 19.1 Å². The van der Waals surface area contributed by atoms with Gasteiger partial charge in [0.2, 0.25) is 0 Å². The van der Waals surface area contributed by atoms with Crippen molar-refractivity contribution in [3.05, 3.63) is 33.5 Å². The van der Waals surface area contributed by atoms with Crippen LogP contribution in [0.3, 0.4) is 0 Å². The molecule has 0 atom stereocenters. The number of allylic oxidation sites excluding steroid dienone is 1. The van der Waals surface area contributed by atoms with E-state index in [0.29, 0.717) is 12.3 Å². The molecule has 0 N–H and O–H groups in total. The van der Waals surface area contributed by atoms with Crippen LogP contribution in [0.5, 0.6) is 0 Å². The Bertz CT molecular complexity index is 462. The van der Waals surface area contributed by atoms with Crippen LogP contribution in [-0.2, 0) is 13.0 Å². The molecule has 0 fully saturated rings. The van der Waals surface area contributed by atoms with Gasteiger partial charge in [-0.3, -0.25) is 9.36 Å². The van der Waals surface area contributed by atoms with Gasteiger partial charge in [0, 0.05) is 23.7 Å². The van der Waals surface area contributed by atoms with E-state index >= 15 is 0 Å². The summed E-state index contributed by atoms with van der Waals surface area (Å²) in [4.78, 5) is 16.5. The first kappa shape index (κ1) is 10.4. The molecular formula is C11H13ClN2O. The van der Waals surface area contributed by atoms with E-state index in [0.717, 1.165) is 30.0 Å². The smallest absolute Gasteiger partial charge is 0.257 e. The average Bonchev–Trinajstić information content (AvgIpc) is 2.24. The average molecular weight is 225 g/mol. The maximum Gasteiger partial charge on any atom is 0.257 e. The lowest BCUT2D eigenvalue weighted by molar-refractivity contribution is 0.632. The number of fused-ring (bicyclic) bond motifs is 1. The molecule has 4 heteroatoms. The molecule has 0 aliphatic carbocycles. The highest BCUT2D eigenvalue weighted by Gasteiger charge is 2.13. The molecule has 2 heterocycles. The van der Waals surface area contributed by atoms with Crippen molar-refractivity contribution in [1.82, 2.24) is 9.55 Å². The van der Waals surface area contributed by atoms with Gasteiger partial charge in [-0.2, -0.15) is 0 Å². The summed E-state index contributed by atoms with van der Waals surface area (Å²) < 4.78 is 1.73. The van der Waals surface area contributed by atoms with E-state index in [1.165, 1.54) is 0 Å². The van der Waals surface area contributed by atoms with Crippen molar-refractivity contribution in [1.29, 1.82) is 0 Å². The van der Waals surface area contributed by atoms with Crippen LogP contribution < -0.4 is 5.56 Å². The molecule has 1 aliphatic heterocycles. The molecule has 2 rings (SSSR count). The van der Waals surface area contributed by atoms with Crippen LogP contribution in [0.1, 0.15) is 23.5 Å². The number of nitrogens with zero attached hydrogens (tertiary/aromatic N) is 2. The van der Waals surface area contributed by atoms with Gasteiger partial charge in [0.1, 0.15) is 5.82 Å². The third-order valence-electron chi connectivity index (χ3n) is 2.63. The molecule has 0 saturated heterocycles. The van der Waals surface area contributed by atoms with Crippen LogP contribution in [0.15, 0.2) is 10.9 Å². The van der Waals surface area contributed by atoms with Crippen molar-refractivity contribution in [2.75, 3.05) is 5.88 Å². The minimum atomic E-state index is 0.0718. The Morgan fingerprint density at radius 3 is 3.13 bits per heavy atom. The van der Waals surface area contributed by atoms with E-state index in [9.17, 15) is 4.79 Å². The predicted molar refractivity (Wildman–Crippen MR) is 61.3 cm³/mol. The molecule has 1 aromatic rings. The van der Waals surface area contributed by atoms with E-state index in [2.05, 4.69) is 4.98 Å². The number of halogens is 1. The van der Waals surface area contributed by atoms with Crippen LogP contribution in [0.4, 0.5) is 0 Å². The molecular weight excluding hydrogens is 212 g/mol. The second-order valence-electron chi connectivity index (χ2n) is 3.62. The monoisotopic (exact) mass is 224 g/mol. The molecule has 0 radical (unpaired) electrons. The molecule has 0 bridgehead atoms. The third-order valence-corrected chi connectivity index (χ3v) is 2.82. The highest BCUT2D eigenvalue weighted by molar-refractivity contribution is 6.17. The van der Waals surface area contributed by atoms with Gasteiger partial charge in [-0.25, -0.2) is 4.98 Å². The SMILES string of the molecule is Cc1nc2n(c(=O)c1CCCl)CCC=C2. The zero-order chi connectivity index (χ0) is 10.8. The number of aryl methyl sites for hydroxylation is 1. The molecule has 0 saturated carbocycles. The number of aromatic nitrogens is 2. The fourth-order valence-corrected chi connectivity index (χ4v) is 2.03. The van der Waals surface area contributed by atoms with Crippen molar-refractivity contribution in [2.45, 2.75) is 26.3 Å². The number of rotatable bonds is 2. The van der Waals surface area contributed by atoms with Crippen molar-refractivity contribution in [3.8, 4) is 0 Å². The Morgan fingerprint density at radius 2 is 2.40 bits per heavy atom. The largest absolute Gasteiger partial charge is 0.293 e. The summed E-state index contributed by atoms with van der Waals surface area (Å²) in [5.74, 6) is 1.23.